The molecular weight excluding hydrogens is 461 g/mol. The van der Waals surface area contributed by atoms with E-state index in [4.69, 9.17) is 0 Å². The average molecular weight is 497 g/mol. The number of unbranched alkanes of at least 4 members (excludes halogenated alkanes) is 1. The molecule has 0 bridgehead atoms. The van der Waals surface area contributed by atoms with Gasteiger partial charge in [0.1, 0.15) is 5.60 Å². The Balaban J connectivity index is 1.58. The van der Waals surface area contributed by atoms with Crippen LogP contribution in [-0.2, 0) is 4.79 Å². The van der Waals surface area contributed by atoms with E-state index < -0.39 is 5.60 Å². The topological polar surface area (TPSA) is 40.5 Å². The first-order chi connectivity index (χ1) is 13.3. The van der Waals surface area contributed by atoms with E-state index in [-0.39, 0.29) is 10.8 Å². The van der Waals surface area contributed by atoms with Crippen molar-refractivity contribution in [3.63, 3.8) is 0 Å². The van der Waals surface area contributed by atoms with Gasteiger partial charge in [0.05, 0.1) is 0 Å². The average Bonchev–Trinajstić information content (AvgIpc) is 2.94. The highest BCUT2D eigenvalue weighted by Gasteiger charge is 2.64. The lowest BCUT2D eigenvalue weighted by Crippen LogP contribution is -2.62. The molecule has 0 radical (unpaired) electrons. The van der Waals surface area contributed by atoms with Gasteiger partial charge < -0.3 is 10.0 Å². The Kier molecular flexibility index (Phi) is 5.58. The zero-order valence-corrected chi connectivity index (χ0v) is 19.9. The molecule has 4 rings (SSSR count). The van der Waals surface area contributed by atoms with Crippen LogP contribution in [0.15, 0.2) is 0 Å². The molecule has 156 valence electrons. The lowest BCUT2D eigenvalue weighted by atomic mass is 9.46. The van der Waals surface area contributed by atoms with Gasteiger partial charge in [-0.1, -0.05) is 42.4 Å². The van der Waals surface area contributed by atoms with Gasteiger partial charge in [-0.3, -0.25) is 4.79 Å². The smallest absolute Gasteiger partial charge is 0.222 e. The number of carbonyl (C=O) groups is 1. The summed E-state index contributed by atoms with van der Waals surface area (Å²) >= 11 is 2.40. The third kappa shape index (κ3) is 2.97. The number of likely N-dealkylation sites (tertiary alicyclic amines) is 1. The Bertz CT molecular complexity index is 698. The summed E-state index contributed by atoms with van der Waals surface area (Å²) in [6, 6.07) is 0.410. The molecule has 1 heterocycles. The fraction of sp³-hybridized carbons (Fsp3) is 0.875. The fourth-order valence-corrected chi connectivity index (χ4v) is 8.12. The highest BCUT2D eigenvalue weighted by molar-refractivity contribution is 14.1. The van der Waals surface area contributed by atoms with Crippen LogP contribution in [0.2, 0.25) is 0 Å². The Morgan fingerprint density at radius 3 is 2.64 bits per heavy atom. The maximum atomic E-state index is 12.3. The molecule has 1 N–H and O–H groups in total. The van der Waals surface area contributed by atoms with Gasteiger partial charge in [0.15, 0.2) is 0 Å². The SMILES string of the molecule is CN1C(=O)CC[C@]2(C)C3CC[C@@]4(C)C(CC[C@@]4(O)C#CCCCI)C3CCC12. The number of hydrogen-bond acceptors (Lipinski definition) is 2. The van der Waals surface area contributed by atoms with E-state index in [0.717, 1.165) is 49.4 Å². The van der Waals surface area contributed by atoms with Crippen LogP contribution < -0.4 is 0 Å². The second-order valence-corrected chi connectivity index (χ2v) is 11.5. The number of rotatable bonds is 2. The van der Waals surface area contributed by atoms with E-state index in [1.807, 2.05) is 7.05 Å². The highest BCUT2D eigenvalue weighted by atomic mass is 127. The Labute approximate surface area is 184 Å². The van der Waals surface area contributed by atoms with Crippen LogP contribution in [-0.4, -0.2) is 39.0 Å². The molecule has 0 aromatic carbocycles. The second kappa shape index (κ2) is 7.45. The molecule has 28 heavy (non-hydrogen) atoms. The Hall–Kier alpha value is -0.280. The van der Waals surface area contributed by atoms with Crippen LogP contribution in [0.4, 0.5) is 0 Å². The van der Waals surface area contributed by atoms with Crippen LogP contribution in [0.1, 0.15) is 78.1 Å². The van der Waals surface area contributed by atoms with Crippen LogP contribution >= 0.6 is 22.6 Å². The molecule has 0 aromatic heterocycles. The predicted octanol–water partition coefficient (Wildman–Crippen LogP) is 4.80. The van der Waals surface area contributed by atoms with Gasteiger partial charge in [-0.2, -0.15) is 0 Å². The van der Waals surface area contributed by atoms with Crippen molar-refractivity contribution < 1.29 is 9.90 Å². The molecular formula is C24H36INO2. The molecule has 1 aliphatic heterocycles. The molecule has 3 nitrogen and oxygen atoms in total. The number of halogens is 1. The monoisotopic (exact) mass is 497 g/mol. The first kappa shape index (κ1) is 21.0. The van der Waals surface area contributed by atoms with Crippen LogP contribution in [0.3, 0.4) is 0 Å². The van der Waals surface area contributed by atoms with Crippen molar-refractivity contribution in [2.75, 3.05) is 11.5 Å². The maximum Gasteiger partial charge on any atom is 0.222 e. The van der Waals surface area contributed by atoms with E-state index in [1.54, 1.807) is 0 Å². The number of nitrogens with zero attached hydrogens (tertiary/aromatic N) is 1. The molecule has 3 saturated carbocycles. The largest absolute Gasteiger partial charge is 0.377 e. The molecule has 3 aliphatic carbocycles. The Morgan fingerprint density at radius 1 is 1.14 bits per heavy atom. The summed E-state index contributed by atoms with van der Waals surface area (Å²) in [7, 11) is 2.03. The van der Waals surface area contributed by atoms with Crippen molar-refractivity contribution in [3.8, 4) is 11.8 Å². The number of carbonyl (C=O) groups excluding carboxylic acids is 1. The molecule has 1 saturated heterocycles. The minimum atomic E-state index is -0.801. The van der Waals surface area contributed by atoms with Crippen molar-refractivity contribution >= 4 is 28.5 Å². The zero-order valence-electron chi connectivity index (χ0n) is 17.8. The first-order valence-corrected chi connectivity index (χ1v) is 12.8. The van der Waals surface area contributed by atoms with E-state index >= 15 is 0 Å². The molecule has 0 aromatic rings. The van der Waals surface area contributed by atoms with Gasteiger partial charge in [-0.05, 0) is 74.5 Å². The van der Waals surface area contributed by atoms with E-state index in [2.05, 4.69) is 53.2 Å². The van der Waals surface area contributed by atoms with Crippen LogP contribution in [0.5, 0.6) is 0 Å². The molecule has 4 aliphatic rings. The first-order valence-electron chi connectivity index (χ1n) is 11.3. The summed E-state index contributed by atoms with van der Waals surface area (Å²) in [5.41, 5.74) is -0.615. The number of aliphatic hydroxyl groups is 1. The molecule has 4 unspecified atom stereocenters. The summed E-state index contributed by atoms with van der Waals surface area (Å²) in [6.45, 7) is 4.80. The van der Waals surface area contributed by atoms with E-state index in [9.17, 15) is 9.90 Å². The van der Waals surface area contributed by atoms with E-state index in [1.165, 1.54) is 12.8 Å². The van der Waals surface area contributed by atoms with Gasteiger partial charge in [0.2, 0.25) is 5.91 Å². The molecule has 7 atom stereocenters. The molecule has 4 fully saturated rings. The summed E-state index contributed by atoms with van der Waals surface area (Å²) in [5.74, 6) is 8.96. The van der Waals surface area contributed by atoms with Crippen molar-refractivity contribution in [2.24, 2.45) is 28.6 Å². The third-order valence-corrected chi connectivity index (χ3v) is 10.2. The quantitative estimate of drug-likeness (QED) is 0.258. The van der Waals surface area contributed by atoms with Crippen molar-refractivity contribution in [1.29, 1.82) is 0 Å². The van der Waals surface area contributed by atoms with Crippen molar-refractivity contribution in [1.82, 2.24) is 4.90 Å². The minimum Gasteiger partial charge on any atom is -0.377 e. The van der Waals surface area contributed by atoms with Gasteiger partial charge in [0.25, 0.3) is 0 Å². The summed E-state index contributed by atoms with van der Waals surface area (Å²) < 4.78 is 1.13. The number of amides is 1. The predicted molar refractivity (Wildman–Crippen MR) is 121 cm³/mol. The maximum absolute atomic E-state index is 12.3. The molecule has 0 spiro atoms. The summed E-state index contributed by atoms with van der Waals surface area (Å²) in [6.07, 6.45) is 10.3. The fourth-order valence-electron chi connectivity index (χ4n) is 7.74. The van der Waals surface area contributed by atoms with Crippen LogP contribution in [0, 0.1) is 40.4 Å². The number of piperidine rings is 1. The normalized spacial score (nSPS) is 47.6. The third-order valence-electron chi connectivity index (χ3n) is 9.44. The van der Waals surface area contributed by atoms with Gasteiger partial charge in [-0.15, -0.1) is 5.92 Å². The van der Waals surface area contributed by atoms with E-state index in [0.29, 0.717) is 36.1 Å². The lowest BCUT2D eigenvalue weighted by Gasteiger charge is -2.62. The van der Waals surface area contributed by atoms with Crippen molar-refractivity contribution in [3.05, 3.63) is 0 Å². The number of fused-ring (bicyclic) bond motifs is 5. The standard InChI is InChI=1S/C24H36INO2/c1-22-13-11-21(27)26(3)20(22)8-7-17-18(22)9-14-23(2)19(17)10-15-24(23,28)12-5-4-6-16-25/h17-20,28H,4,6-11,13-16H2,1-3H3/t17?,18?,19?,20?,22-,23+,24+/m1/s1. The van der Waals surface area contributed by atoms with Gasteiger partial charge >= 0.3 is 0 Å². The van der Waals surface area contributed by atoms with Gasteiger partial charge in [-0.25, -0.2) is 0 Å². The summed E-state index contributed by atoms with van der Waals surface area (Å²) in [5, 5.41) is 11.6. The second-order valence-electron chi connectivity index (χ2n) is 10.4. The number of hydrogen-bond donors (Lipinski definition) is 1. The minimum absolute atomic E-state index is 0.0644. The Morgan fingerprint density at radius 2 is 1.89 bits per heavy atom. The molecule has 1 amide bonds. The molecule has 4 heteroatoms. The highest BCUT2D eigenvalue weighted by Crippen LogP contribution is 2.66. The number of alkyl halides is 1. The lowest BCUT2D eigenvalue weighted by molar-refractivity contribution is -0.163. The zero-order chi connectivity index (χ0) is 20.2. The van der Waals surface area contributed by atoms with Gasteiger partial charge in [0, 0.05) is 35.8 Å². The van der Waals surface area contributed by atoms with Crippen molar-refractivity contribution in [2.45, 2.75) is 89.7 Å². The summed E-state index contributed by atoms with van der Waals surface area (Å²) in [4.78, 5) is 14.4. The van der Waals surface area contributed by atoms with Crippen LogP contribution in [0.25, 0.3) is 0 Å².